The van der Waals surface area contributed by atoms with Gasteiger partial charge >= 0.3 is 0 Å². The highest BCUT2D eigenvalue weighted by molar-refractivity contribution is 6.21. The third-order valence-electron chi connectivity index (χ3n) is 4.63. The van der Waals surface area contributed by atoms with Crippen molar-refractivity contribution in [3.05, 3.63) is 0 Å². The van der Waals surface area contributed by atoms with Gasteiger partial charge in [-0.15, -0.1) is 11.6 Å². The third-order valence-corrected chi connectivity index (χ3v) is 5.20. The average Bonchev–Trinajstić information content (AvgIpc) is 2.40. The fraction of sp³-hybridized carbons (Fsp3) is 1.00. The number of ether oxygens (including phenoxy) is 1. The molecule has 0 amide bonds. The number of alkyl halides is 1. The van der Waals surface area contributed by atoms with Crippen LogP contribution < -0.4 is 0 Å². The van der Waals surface area contributed by atoms with E-state index >= 15 is 0 Å². The minimum Gasteiger partial charge on any atom is -0.381 e. The van der Waals surface area contributed by atoms with Crippen molar-refractivity contribution < 1.29 is 4.74 Å². The van der Waals surface area contributed by atoms with Crippen molar-refractivity contribution >= 4 is 11.6 Å². The molecule has 3 heteroatoms. The molecule has 0 radical (unpaired) electrons. The predicted octanol–water partition coefficient (Wildman–Crippen LogP) is 3.53. The summed E-state index contributed by atoms with van der Waals surface area (Å²) in [6.07, 6.45) is 7.96. The van der Waals surface area contributed by atoms with Crippen molar-refractivity contribution in [2.75, 3.05) is 32.8 Å². The zero-order valence-electron chi connectivity index (χ0n) is 11.7. The molecule has 2 atom stereocenters. The molecule has 0 aromatic carbocycles. The van der Waals surface area contributed by atoms with Gasteiger partial charge in [0.2, 0.25) is 0 Å². The monoisotopic (exact) mass is 273 g/mol. The molecule has 2 fully saturated rings. The number of nitrogens with zero attached hydrogens (tertiary/aromatic N) is 1. The third kappa shape index (κ3) is 4.71. The lowest BCUT2D eigenvalue weighted by Gasteiger charge is -2.34. The molecule has 0 spiro atoms. The molecule has 18 heavy (non-hydrogen) atoms. The molecule has 0 saturated carbocycles. The Bertz CT molecular complexity index is 231. The number of piperidine rings is 1. The summed E-state index contributed by atoms with van der Waals surface area (Å²) in [5.41, 5.74) is 0. The van der Waals surface area contributed by atoms with Crippen molar-refractivity contribution in [2.45, 2.75) is 50.8 Å². The molecule has 0 aromatic heterocycles. The van der Waals surface area contributed by atoms with E-state index in [2.05, 4.69) is 11.8 Å². The summed E-state index contributed by atoms with van der Waals surface area (Å²) < 4.78 is 5.40. The number of unbranched alkanes of at least 4 members (excludes halogenated alkanes) is 1. The predicted molar refractivity (Wildman–Crippen MR) is 77.3 cm³/mol. The van der Waals surface area contributed by atoms with Gasteiger partial charge in [0, 0.05) is 25.1 Å². The molecule has 0 aromatic rings. The molecular formula is C15H28ClNO. The highest BCUT2D eigenvalue weighted by atomic mass is 35.5. The van der Waals surface area contributed by atoms with Crippen LogP contribution in [0.2, 0.25) is 0 Å². The van der Waals surface area contributed by atoms with Gasteiger partial charge in [0.25, 0.3) is 0 Å². The van der Waals surface area contributed by atoms with Crippen LogP contribution in [0.25, 0.3) is 0 Å². The van der Waals surface area contributed by atoms with Gasteiger partial charge in [-0.2, -0.15) is 0 Å². The average molecular weight is 274 g/mol. The second kappa shape index (κ2) is 7.72. The van der Waals surface area contributed by atoms with Crippen molar-refractivity contribution in [1.29, 1.82) is 0 Å². The van der Waals surface area contributed by atoms with Crippen LogP contribution in [0.5, 0.6) is 0 Å². The minimum absolute atomic E-state index is 0.370. The fourth-order valence-electron chi connectivity index (χ4n) is 3.09. The van der Waals surface area contributed by atoms with Crippen LogP contribution in [0, 0.1) is 11.8 Å². The van der Waals surface area contributed by atoms with E-state index in [1.54, 1.807) is 0 Å². The van der Waals surface area contributed by atoms with E-state index in [9.17, 15) is 0 Å². The second-order valence-electron chi connectivity index (χ2n) is 6.13. The van der Waals surface area contributed by atoms with Gasteiger partial charge in [0.05, 0.1) is 0 Å². The molecule has 2 aliphatic rings. The van der Waals surface area contributed by atoms with Crippen molar-refractivity contribution in [2.24, 2.45) is 11.8 Å². The fourth-order valence-corrected chi connectivity index (χ4v) is 3.41. The lowest BCUT2D eigenvalue weighted by atomic mass is 9.94. The molecule has 2 nitrogen and oxygen atoms in total. The van der Waals surface area contributed by atoms with Gasteiger partial charge in [0.1, 0.15) is 0 Å². The van der Waals surface area contributed by atoms with Crippen LogP contribution in [-0.4, -0.2) is 43.1 Å². The topological polar surface area (TPSA) is 12.5 Å². The van der Waals surface area contributed by atoms with Crippen LogP contribution in [-0.2, 0) is 4.74 Å². The van der Waals surface area contributed by atoms with Crippen molar-refractivity contribution in [3.8, 4) is 0 Å². The molecule has 106 valence electrons. The van der Waals surface area contributed by atoms with E-state index < -0.39 is 0 Å². The van der Waals surface area contributed by atoms with Gasteiger partial charge in [-0.25, -0.2) is 0 Å². The van der Waals surface area contributed by atoms with Crippen LogP contribution in [0.1, 0.15) is 45.4 Å². The van der Waals surface area contributed by atoms with Crippen LogP contribution in [0.15, 0.2) is 0 Å². The maximum absolute atomic E-state index is 6.34. The molecule has 2 aliphatic heterocycles. The number of hydrogen-bond acceptors (Lipinski definition) is 2. The van der Waals surface area contributed by atoms with E-state index in [0.29, 0.717) is 11.3 Å². The first-order chi connectivity index (χ1) is 8.75. The number of halogens is 1. The Labute approximate surface area is 117 Å². The maximum Gasteiger partial charge on any atom is 0.0489 e. The Morgan fingerprint density at radius 1 is 1.17 bits per heavy atom. The molecule has 0 N–H and O–H groups in total. The molecule has 0 aliphatic carbocycles. The molecule has 2 heterocycles. The first kappa shape index (κ1) is 14.6. The summed E-state index contributed by atoms with van der Waals surface area (Å²) >= 11 is 6.34. The van der Waals surface area contributed by atoms with Gasteiger partial charge in [-0.05, 0) is 50.6 Å². The van der Waals surface area contributed by atoms with Crippen LogP contribution >= 0.6 is 11.6 Å². The Kier molecular flexibility index (Phi) is 6.26. The quantitative estimate of drug-likeness (QED) is 0.561. The molecule has 2 rings (SSSR count). The van der Waals surface area contributed by atoms with Crippen LogP contribution in [0.3, 0.4) is 0 Å². The number of rotatable bonds is 5. The highest BCUT2D eigenvalue weighted by Crippen LogP contribution is 2.23. The van der Waals surface area contributed by atoms with E-state index in [4.69, 9.17) is 16.3 Å². The van der Waals surface area contributed by atoms with Gasteiger partial charge in [-0.1, -0.05) is 19.8 Å². The lowest BCUT2D eigenvalue weighted by Crippen LogP contribution is -2.40. The summed E-state index contributed by atoms with van der Waals surface area (Å²) in [6, 6.07) is 0. The van der Waals surface area contributed by atoms with Crippen LogP contribution in [0.4, 0.5) is 0 Å². The van der Waals surface area contributed by atoms with Gasteiger partial charge in [-0.3, -0.25) is 0 Å². The lowest BCUT2D eigenvalue weighted by molar-refractivity contribution is 0.0627. The summed E-state index contributed by atoms with van der Waals surface area (Å²) in [5.74, 6) is 1.63. The van der Waals surface area contributed by atoms with Crippen molar-refractivity contribution in [1.82, 2.24) is 4.90 Å². The maximum atomic E-state index is 6.34. The van der Waals surface area contributed by atoms with Crippen molar-refractivity contribution in [3.63, 3.8) is 0 Å². The largest absolute Gasteiger partial charge is 0.381 e. The zero-order valence-corrected chi connectivity index (χ0v) is 12.5. The normalized spacial score (nSPS) is 31.7. The van der Waals surface area contributed by atoms with E-state index in [1.807, 2.05) is 0 Å². The zero-order chi connectivity index (χ0) is 12.8. The van der Waals surface area contributed by atoms with E-state index in [1.165, 1.54) is 51.6 Å². The molecule has 2 saturated heterocycles. The Balaban J connectivity index is 1.52. The smallest absolute Gasteiger partial charge is 0.0489 e. The first-order valence-corrected chi connectivity index (χ1v) is 8.13. The number of hydrogen-bond donors (Lipinski definition) is 0. The highest BCUT2D eigenvalue weighted by Gasteiger charge is 2.23. The van der Waals surface area contributed by atoms with E-state index in [0.717, 1.165) is 25.7 Å². The molecular weight excluding hydrogens is 246 g/mol. The van der Waals surface area contributed by atoms with Gasteiger partial charge in [0.15, 0.2) is 0 Å². The Morgan fingerprint density at radius 2 is 1.94 bits per heavy atom. The Hall–Kier alpha value is 0.210. The van der Waals surface area contributed by atoms with E-state index in [-0.39, 0.29) is 0 Å². The number of likely N-dealkylation sites (tertiary alicyclic amines) is 1. The minimum atomic E-state index is 0.370. The standard InChI is InChI=1S/C15H28ClNO/c1-13-5-9-17(12-15(13)16)8-3-2-4-14-6-10-18-11-7-14/h13-15H,2-12H2,1H3. The summed E-state index contributed by atoms with van der Waals surface area (Å²) in [4.78, 5) is 2.56. The SMILES string of the molecule is CC1CCN(CCCCC2CCOCC2)CC1Cl. The first-order valence-electron chi connectivity index (χ1n) is 7.70. The van der Waals surface area contributed by atoms with Gasteiger partial charge < -0.3 is 9.64 Å². The Morgan fingerprint density at radius 3 is 2.67 bits per heavy atom. The molecule has 2 unspecified atom stereocenters. The second-order valence-corrected chi connectivity index (χ2v) is 6.69. The summed E-state index contributed by atoms with van der Waals surface area (Å²) in [6.45, 7) is 7.85. The summed E-state index contributed by atoms with van der Waals surface area (Å²) in [5, 5.41) is 0.370. The molecule has 0 bridgehead atoms. The summed E-state index contributed by atoms with van der Waals surface area (Å²) in [7, 11) is 0.